The molecule has 1 unspecified atom stereocenters. The number of β-amino-alcohol motifs (C(OH)–C–C–N with tert-alkyl or cyclic N) is 1. The van der Waals surface area contributed by atoms with Crippen LogP contribution in [0.25, 0.3) is 33.3 Å². The van der Waals surface area contributed by atoms with Gasteiger partial charge in [0.25, 0.3) is 10.0 Å². The zero-order chi connectivity index (χ0) is 27.9. The molecule has 0 aliphatic carbocycles. The lowest BCUT2D eigenvalue weighted by Gasteiger charge is -2.29. The number of benzene rings is 3. The molecule has 0 radical (unpaired) electrons. The van der Waals surface area contributed by atoms with Crippen LogP contribution in [0, 0.1) is 6.92 Å². The predicted octanol–water partition coefficient (Wildman–Crippen LogP) is 6.53. The van der Waals surface area contributed by atoms with Gasteiger partial charge in [0.1, 0.15) is 0 Å². The van der Waals surface area contributed by atoms with E-state index in [9.17, 15) is 13.5 Å². The Kier molecular flexibility index (Phi) is 7.23. The number of fused-ring (bicyclic) bond motifs is 1. The fourth-order valence-electron chi connectivity index (χ4n) is 5.37. The molecule has 2 aromatic heterocycles. The maximum absolute atomic E-state index is 13.7. The second kappa shape index (κ2) is 10.8. The molecule has 1 aliphatic rings. The van der Waals surface area contributed by atoms with Crippen molar-refractivity contribution < 1.29 is 13.5 Å². The SMILES string of the molecule is Cc1ccc(S(=O)(=O)n2cc(-c3cccc(Cl)c3)c3cc(-c4ccc(CN5CCCC(O)C5)cc4)cnc32)cc1. The number of piperidine rings is 1. The van der Waals surface area contributed by atoms with Gasteiger partial charge < -0.3 is 5.11 Å². The van der Waals surface area contributed by atoms with Crippen molar-refractivity contribution in [3.8, 4) is 22.3 Å². The second-order valence-electron chi connectivity index (χ2n) is 10.5. The molecule has 8 heteroatoms. The minimum atomic E-state index is -3.88. The number of hydrogen-bond acceptors (Lipinski definition) is 5. The summed E-state index contributed by atoms with van der Waals surface area (Å²) in [5.74, 6) is 0. The van der Waals surface area contributed by atoms with E-state index >= 15 is 0 Å². The van der Waals surface area contributed by atoms with Crippen LogP contribution >= 0.6 is 11.6 Å². The number of likely N-dealkylation sites (tertiary alicyclic amines) is 1. The van der Waals surface area contributed by atoms with Crippen molar-refractivity contribution in [2.45, 2.75) is 37.3 Å². The third kappa shape index (κ3) is 5.30. The van der Waals surface area contributed by atoms with Gasteiger partial charge in [0.2, 0.25) is 0 Å². The topological polar surface area (TPSA) is 75.4 Å². The molecule has 0 saturated carbocycles. The summed E-state index contributed by atoms with van der Waals surface area (Å²) in [7, 11) is -3.88. The molecule has 3 aromatic carbocycles. The molecule has 0 spiro atoms. The molecule has 40 heavy (non-hydrogen) atoms. The molecule has 0 amide bonds. The summed E-state index contributed by atoms with van der Waals surface area (Å²) in [6.45, 7) is 4.42. The number of aromatic nitrogens is 2. The number of hydrogen-bond donors (Lipinski definition) is 1. The Balaban J connectivity index is 1.41. The molecule has 1 atom stereocenters. The molecule has 1 fully saturated rings. The summed E-state index contributed by atoms with van der Waals surface area (Å²) in [6, 6.07) is 24.6. The van der Waals surface area contributed by atoms with Gasteiger partial charge in [-0.2, -0.15) is 0 Å². The van der Waals surface area contributed by atoms with Crippen LogP contribution < -0.4 is 0 Å². The molecular weight excluding hydrogens is 542 g/mol. The van der Waals surface area contributed by atoms with E-state index in [2.05, 4.69) is 34.1 Å². The van der Waals surface area contributed by atoms with Crippen molar-refractivity contribution in [2.75, 3.05) is 13.1 Å². The lowest BCUT2D eigenvalue weighted by Crippen LogP contribution is -2.37. The Morgan fingerprint density at radius 2 is 1.75 bits per heavy atom. The first-order chi connectivity index (χ1) is 19.3. The fourth-order valence-corrected chi connectivity index (χ4v) is 6.88. The molecule has 1 aliphatic heterocycles. The van der Waals surface area contributed by atoms with Crippen LogP contribution in [0.1, 0.15) is 24.0 Å². The number of pyridine rings is 1. The molecule has 3 heterocycles. The standard InChI is InChI=1S/C32H30ClN3O3S/c1-22-7-13-29(14-8-22)40(38,39)36-21-31(25-4-2-5-27(33)16-25)30-17-26(18-34-32(30)36)24-11-9-23(10-12-24)19-35-15-3-6-28(37)20-35/h2,4-5,7-14,16-18,21,28,37H,3,6,15,19-20H2,1H3. The maximum atomic E-state index is 13.7. The Morgan fingerprint density at radius 1 is 0.975 bits per heavy atom. The second-order valence-corrected chi connectivity index (χ2v) is 12.7. The first kappa shape index (κ1) is 26.7. The highest BCUT2D eigenvalue weighted by molar-refractivity contribution is 7.90. The van der Waals surface area contributed by atoms with E-state index in [1.165, 1.54) is 9.54 Å². The first-order valence-corrected chi connectivity index (χ1v) is 15.2. The van der Waals surface area contributed by atoms with Gasteiger partial charge in [-0.1, -0.05) is 65.7 Å². The first-order valence-electron chi connectivity index (χ1n) is 13.4. The van der Waals surface area contributed by atoms with E-state index in [0.29, 0.717) is 17.2 Å². The van der Waals surface area contributed by atoms with Gasteiger partial charge in [0.05, 0.1) is 11.0 Å². The normalized spacial score (nSPS) is 16.4. The molecule has 5 aromatic rings. The monoisotopic (exact) mass is 571 g/mol. The van der Waals surface area contributed by atoms with Crippen molar-refractivity contribution in [3.63, 3.8) is 0 Å². The number of halogens is 1. The zero-order valence-corrected chi connectivity index (χ0v) is 23.7. The summed E-state index contributed by atoms with van der Waals surface area (Å²) in [6.07, 6.45) is 5.00. The Morgan fingerprint density at radius 3 is 2.48 bits per heavy atom. The molecular formula is C32H30ClN3O3S. The van der Waals surface area contributed by atoms with Gasteiger partial charge in [-0.15, -0.1) is 0 Å². The van der Waals surface area contributed by atoms with Crippen molar-refractivity contribution in [1.82, 2.24) is 13.9 Å². The minimum Gasteiger partial charge on any atom is -0.392 e. The van der Waals surface area contributed by atoms with Crippen LogP contribution in [-0.4, -0.2) is 46.6 Å². The lowest BCUT2D eigenvalue weighted by atomic mass is 10.0. The van der Waals surface area contributed by atoms with Gasteiger partial charge in [0.15, 0.2) is 5.65 Å². The molecule has 204 valence electrons. The average molecular weight is 572 g/mol. The number of aliphatic hydroxyl groups is 1. The number of aliphatic hydroxyl groups excluding tert-OH is 1. The van der Waals surface area contributed by atoms with E-state index in [1.807, 2.05) is 31.2 Å². The van der Waals surface area contributed by atoms with E-state index in [4.69, 9.17) is 11.6 Å². The summed E-state index contributed by atoms with van der Waals surface area (Å²) in [4.78, 5) is 7.16. The van der Waals surface area contributed by atoms with Crippen molar-refractivity contribution in [2.24, 2.45) is 0 Å². The molecule has 0 bridgehead atoms. The summed E-state index contributed by atoms with van der Waals surface area (Å²) >= 11 is 6.32. The average Bonchev–Trinajstić information content (AvgIpc) is 3.34. The van der Waals surface area contributed by atoms with Gasteiger partial charge in [0, 0.05) is 47.0 Å². The summed E-state index contributed by atoms with van der Waals surface area (Å²) in [5, 5.41) is 11.3. The minimum absolute atomic E-state index is 0.204. The molecule has 1 saturated heterocycles. The van der Waals surface area contributed by atoms with Crippen molar-refractivity contribution in [1.29, 1.82) is 0 Å². The van der Waals surface area contributed by atoms with Gasteiger partial charge in [-0.25, -0.2) is 17.4 Å². The van der Waals surface area contributed by atoms with E-state index in [0.717, 1.165) is 59.1 Å². The van der Waals surface area contributed by atoms with Crippen LogP contribution in [0.15, 0.2) is 96.2 Å². The highest BCUT2D eigenvalue weighted by Crippen LogP contribution is 2.35. The number of aryl methyl sites for hydroxylation is 1. The van der Waals surface area contributed by atoms with Gasteiger partial charge in [-0.05, 0) is 73.3 Å². The third-order valence-electron chi connectivity index (χ3n) is 7.50. The number of nitrogens with zero attached hydrogens (tertiary/aromatic N) is 3. The van der Waals surface area contributed by atoms with Crippen LogP contribution in [0.2, 0.25) is 5.02 Å². The largest absolute Gasteiger partial charge is 0.392 e. The molecule has 6 rings (SSSR count). The lowest BCUT2D eigenvalue weighted by molar-refractivity contribution is 0.0668. The van der Waals surface area contributed by atoms with Gasteiger partial charge in [-0.3, -0.25) is 4.90 Å². The molecule has 1 N–H and O–H groups in total. The number of rotatable bonds is 6. The van der Waals surface area contributed by atoms with Crippen LogP contribution in [0.4, 0.5) is 0 Å². The molecule has 6 nitrogen and oxygen atoms in total. The third-order valence-corrected chi connectivity index (χ3v) is 9.40. The Hall–Kier alpha value is -3.49. The van der Waals surface area contributed by atoms with Crippen LogP contribution in [0.3, 0.4) is 0 Å². The smallest absolute Gasteiger partial charge is 0.269 e. The predicted molar refractivity (Wildman–Crippen MR) is 160 cm³/mol. The van der Waals surface area contributed by atoms with Crippen LogP contribution in [0.5, 0.6) is 0 Å². The summed E-state index contributed by atoms with van der Waals surface area (Å²) in [5.41, 5.74) is 5.96. The van der Waals surface area contributed by atoms with E-state index < -0.39 is 10.0 Å². The quantitative estimate of drug-likeness (QED) is 0.251. The Labute approximate surface area is 239 Å². The van der Waals surface area contributed by atoms with Crippen molar-refractivity contribution >= 4 is 32.7 Å². The van der Waals surface area contributed by atoms with Crippen LogP contribution in [-0.2, 0) is 16.6 Å². The maximum Gasteiger partial charge on any atom is 0.269 e. The highest BCUT2D eigenvalue weighted by Gasteiger charge is 2.23. The van der Waals surface area contributed by atoms with Crippen molar-refractivity contribution in [3.05, 3.63) is 107 Å². The van der Waals surface area contributed by atoms with Gasteiger partial charge >= 0.3 is 0 Å². The van der Waals surface area contributed by atoms with E-state index in [1.54, 1.807) is 42.7 Å². The summed E-state index contributed by atoms with van der Waals surface area (Å²) < 4.78 is 28.7. The Bertz CT molecular complexity index is 1780. The van der Waals surface area contributed by atoms with E-state index in [-0.39, 0.29) is 11.0 Å². The zero-order valence-electron chi connectivity index (χ0n) is 22.2. The fraction of sp³-hybridized carbons (Fsp3) is 0.219. The highest BCUT2D eigenvalue weighted by atomic mass is 35.5.